The molecule has 0 radical (unpaired) electrons. The Balaban J connectivity index is 0.000000396. The molecule has 0 aliphatic carbocycles. The number of aliphatic hydroxyl groups is 1. The van der Waals surface area contributed by atoms with Gasteiger partial charge in [-0.15, -0.1) is 20.4 Å². The van der Waals surface area contributed by atoms with Crippen molar-refractivity contribution in [2.45, 2.75) is 92.4 Å². The summed E-state index contributed by atoms with van der Waals surface area (Å²) in [7, 11) is 0. The van der Waals surface area contributed by atoms with Gasteiger partial charge in [-0.3, -0.25) is 0 Å². The number of aromatic nitrogens is 10. The van der Waals surface area contributed by atoms with Gasteiger partial charge >= 0.3 is 23.8 Å². The van der Waals surface area contributed by atoms with Crippen LogP contribution in [0, 0.1) is 23.5 Å². The van der Waals surface area contributed by atoms with E-state index in [-0.39, 0.29) is 61.2 Å². The minimum Gasteiger partial charge on any atom is -0.463 e. The normalized spacial score (nSPS) is 13.0. The molecule has 360 valence electrons. The Morgan fingerprint density at radius 3 is 1.34 bits per heavy atom. The van der Waals surface area contributed by atoms with Crippen LogP contribution in [0.25, 0.3) is 33.8 Å². The number of fused-ring (bicyclic) bond motifs is 2. The van der Waals surface area contributed by atoms with Crippen molar-refractivity contribution >= 4 is 22.9 Å². The first-order valence-corrected chi connectivity index (χ1v) is 18.4. The molecule has 0 bridgehead atoms. The van der Waals surface area contributed by atoms with E-state index in [9.17, 15) is 52.7 Å². The molecule has 6 aromatic heterocycles. The maximum Gasteiger partial charge on any atom is 0.425 e. The van der Waals surface area contributed by atoms with Gasteiger partial charge in [0.05, 0.1) is 18.0 Å². The van der Waals surface area contributed by atoms with Gasteiger partial charge in [-0.2, -0.15) is 63.1 Å². The van der Waals surface area contributed by atoms with E-state index in [0.29, 0.717) is 30.9 Å². The molecule has 6 heterocycles. The first kappa shape index (κ1) is 55.5. The maximum atomic E-state index is 14.4. The molecule has 0 spiro atoms. The Bertz CT molecular complexity index is 2460. The van der Waals surface area contributed by atoms with Crippen LogP contribution in [0.15, 0.2) is 48.8 Å². The molecular weight excluding hydrogens is 924 g/mol. The van der Waals surface area contributed by atoms with Crippen LogP contribution in [0.3, 0.4) is 0 Å². The molecule has 0 saturated heterocycles. The van der Waals surface area contributed by atoms with Crippen molar-refractivity contribution in [2.75, 3.05) is 13.2 Å². The molecular formula is C38H43ClF12N10O4. The number of rotatable bonds is 12. The van der Waals surface area contributed by atoms with E-state index in [1.165, 1.54) is 24.3 Å². The first-order chi connectivity index (χ1) is 29.1. The van der Waals surface area contributed by atoms with E-state index in [4.69, 9.17) is 16.7 Å². The number of nitrogens with zero attached hydrogens (tertiary/aromatic N) is 10. The number of alkyl halides is 11. The second kappa shape index (κ2) is 22.0. The van der Waals surface area contributed by atoms with E-state index >= 15 is 0 Å². The van der Waals surface area contributed by atoms with E-state index in [1.807, 2.05) is 13.8 Å². The van der Waals surface area contributed by atoms with E-state index in [0.717, 1.165) is 29.0 Å². The molecule has 0 unspecified atom stereocenters. The van der Waals surface area contributed by atoms with Gasteiger partial charge in [0.2, 0.25) is 5.82 Å². The fourth-order valence-corrected chi connectivity index (χ4v) is 4.47. The summed E-state index contributed by atoms with van der Waals surface area (Å²) in [4.78, 5) is 7.04. The lowest BCUT2D eigenvalue weighted by atomic mass is 10.2. The fraction of sp³-hybridized carbons (Fsp3) is 0.474. The summed E-state index contributed by atoms with van der Waals surface area (Å²) < 4.78 is 174. The molecule has 0 aliphatic heterocycles. The molecule has 2 atom stereocenters. The Labute approximate surface area is 367 Å². The standard InChI is InChI=1S/C18H17F6N5O2.C14H8ClF6N5O.C4H10O.2CH4/c1-9(2)8-30-18(23,24)16-27-26-14-5-4-13(28-29(14)16)11-6-12(19)15(25-7-11)31-10(3)17(20,21)22;1-6(14(19,20)21)27-11-8(16)4-7(5-22-11)9-2-3-10-23-24-12(13(15,17)18)26(10)25-9;1-4(2)3-5;;/h4-7,9-10H,8H2,1-3H3;2-6H,1H3;4-5H,3H2,1-2H3;2*1H4/t10-;6-;;;/m00.../s1. The number of ether oxygens (including phenoxy) is 3. The minimum atomic E-state index is -4.70. The summed E-state index contributed by atoms with van der Waals surface area (Å²) in [5, 5.41) is 25.9. The summed E-state index contributed by atoms with van der Waals surface area (Å²) >= 11 is 4.93. The van der Waals surface area contributed by atoms with Gasteiger partial charge in [0.25, 0.3) is 17.6 Å². The van der Waals surface area contributed by atoms with Gasteiger partial charge in [0, 0.05) is 30.1 Å². The van der Waals surface area contributed by atoms with E-state index in [2.05, 4.69) is 54.8 Å². The summed E-state index contributed by atoms with van der Waals surface area (Å²) in [6, 6.07) is 6.88. The van der Waals surface area contributed by atoms with Crippen molar-refractivity contribution in [3.8, 4) is 34.3 Å². The first-order valence-electron chi connectivity index (χ1n) is 18.1. The average molecular weight is 967 g/mol. The third-order valence-corrected chi connectivity index (χ3v) is 7.88. The fourth-order valence-electron chi connectivity index (χ4n) is 4.35. The van der Waals surface area contributed by atoms with E-state index in [1.54, 1.807) is 13.8 Å². The molecule has 14 nitrogen and oxygen atoms in total. The quantitative estimate of drug-likeness (QED) is 0.0915. The highest BCUT2D eigenvalue weighted by atomic mass is 35.5. The van der Waals surface area contributed by atoms with Crippen molar-refractivity contribution in [2.24, 2.45) is 11.8 Å². The van der Waals surface area contributed by atoms with Crippen LogP contribution in [-0.4, -0.2) is 92.5 Å². The van der Waals surface area contributed by atoms with Gasteiger partial charge in [-0.1, -0.05) is 42.5 Å². The molecule has 0 saturated carbocycles. The Hall–Kier alpha value is -5.63. The second-order valence-electron chi connectivity index (χ2n) is 13.9. The van der Waals surface area contributed by atoms with Crippen LogP contribution in [0.5, 0.6) is 11.8 Å². The zero-order chi connectivity index (χ0) is 47.2. The minimum absolute atomic E-state index is 0. The SMILES string of the molecule is C.C.CC(C)CO.CC(C)COC(F)(F)c1nnc2ccc(-c3cnc(O[C@@H](C)C(F)(F)F)c(F)c3)nn12.C[C@H](Oc1ncc(-c2ccc3nnc(C(F)(F)Cl)n3n2)cc1F)C(F)(F)F. The van der Waals surface area contributed by atoms with Crippen LogP contribution in [0.1, 0.15) is 68.0 Å². The summed E-state index contributed by atoms with van der Waals surface area (Å²) in [5.74, 6) is -5.62. The lowest BCUT2D eigenvalue weighted by molar-refractivity contribution is -0.259. The third kappa shape index (κ3) is 14.7. The van der Waals surface area contributed by atoms with Crippen molar-refractivity contribution in [1.82, 2.24) is 49.6 Å². The van der Waals surface area contributed by atoms with Crippen LogP contribution in [0.2, 0.25) is 0 Å². The van der Waals surface area contributed by atoms with E-state index < -0.39 is 71.1 Å². The smallest absolute Gasteiger partial charge is 0.425 e. The van der Waals surface area contributed by atoms with Gasteiger partial charge in [0.15, 0.2) is 35.1 Å². The lowest BCUT2D eigenvalue weighted by Crippen LogP contribution is -2.31. The monoisotopic (exact) mass is 966 g/mol. The number of hydrogen-bond acceptors (Lipinski definition) is 12. The predicted octanol–water partition coefficient (Wildman–Crippen LogP) is 10.2. The maximum absolute atomic E-state index is 14.4. The molecule has 0 fully saturated rings. The zero-order valence-corrected chi connectivity index (χ0v) is 34.2. The summed E-state index contributed by atoms with van der Waals surface area (Å²) in [6.45, 7) is 8.80. The summed E-state index contributed by atoms with van der Waals surface area (Å²) in [5.41, 5.74) is -0.0711. The number of hydrogen-bond donors (Lipinski definition) is 1. The largest absolute Gasteiger partial charge is 0.463 e. The molecule has 6 aromatic rings. The Kier molecular flexibility index (Phi) is 18.8. The zero-order valence-electron chi connectivity index (χ0n) is 33.4. The molecule has 0 aliphatic rings. The number of pyridine rings is 2. The van der Waals surface area contributed by atoms with Crippen LogP contribution >= 0.6 is 11.6 Å². The van der Waals surface area contributed by atoms with Crippen LogP contribution in [0.4, 0.5) is 52.7 Å². The molecule has 0 amide bonds. The number of halogens is 13. The second-order valence-corrected chi connectivity index (χ2v) is 14.4. The molecule has 65 heavy (non-hydrogen) atoms. The van der Waals surface area contributed by atoms with Gasteiger partial charge in [-0.05, 0) is 73.7 Å². The van der Waals surface area contributed by atoms with Crippen molar-refractivity contribution in [1.29, 1.82) is 0 Å². The van der Waals surface area contributed by atoms with Crippen molar-refractivity contribution in [3.63, 3.8) is 0 Å². The Morgan fingerprint density at radius 2 is 1.00 bits per heavy atom. The highest BCUT2D eigenvalue weighted by Crippen LogP contribution is 2.33. The summed E-state index contributed by atoms with van der Waals surface area (Å²) in [6.07, 6.45) is -15.7. The highest BCUT2D eigenvalue weighted by Gasteiger charge is 2.41. The molecule has 1 N–H and O–H groups in total. The highest BCUT2D eigenvalue weighted by molar-refractivity contribution is 6.21. The van der Waals surface area contributed by atoms with Gasteiger partial charge < -0.3 is 19.3 Å². The topological polar surface area (TPSA) is 160 Å². The molecule has 27 heteroatoms. The van der Waals surface area contributed by atoms with Gasteiger partial charge in [0.1, 0.15) is 0 Å². The Morgan fingerprint density at radius 1 is 0.615 bits per heavy atom. The van der Waals surface area contributed by atoms with Crippen molar-refractivity contribution in [3.05, 3.63) is 72.1 Å². The van der Waals surface area contributed by atoms with Crippen LogP contribution in [-0.2, 0) is 16.2 Å². The average Bonchev–Trinajstić information content (AvgIpc) is 3.83. The van der Waals surface area contributed by atoms with Crippen LogP contribution < -0.4 is 9.47 Å². The lowest BCUT2D eigenvalue weighted by Gasteiger charge is -2.17. The molecule has 6 rings (SSSR count). The number of aliphatic hydroxyl groups excluding tert-OH is 1. The van der Waals surface area contributed by atoms with Gasteiger partial charge in [-0.25, -0.2) is 18.7 Å². The molecule has 0 aromatic carbocycles. The third-order valence-electron chi connectivity index (χ3n) is 7.71. The van der Waals surface area contributed by atoms with Crippen molar-refractivity contribution < 1.29 is 72.0 Å². The predicted molar refractivity (Wildman–Crippen MR) is 210 cm³/mol.